The summed E-state index contributed by atoms with van der Waals surface area (Å²) in [6.07, 6.45) is 5.41. The highest BCUT2D eigenvalue weighted by molar-refractivity contribution is 5.83. The summed E-state index contributed by atoms with van der Waals surface area (Å²) in [5, 5.41) is 8.64. The molecule has 0 aliphatic heterocycles. The third-order valence-corrected chi connectivity index (χ3v) is 5.36. The monoisotopic (exact) mass is 311 g/mol. The standard InChI is InChI=1S/C21H29NO/c1-15(2)19-11-6-16(3)13-20(19)21(23)14-18-9-7-17(8-10-18)5-4-12-22/h7-10,15-16,19-20H,4-6,11,13-14H2,1-3H3/t16-,19+,20-/m1/s1. The maximum Gasteiger partial charge on any atom is 0.140 e. The normalized spacial score (nSPS) is 24.4. The van der Waals surface area contributed by atoms with Crippen molar-refractivity contribution in [3.63, 3.8) is 0 Å². The zero-order valence-corrected chi connectivity index (χ0v) is 14.7. The molecule has 3 atom stereocenters. The second kappa shape index (κ2) is 8.29. The molecule has 1 aromatic rings. The summed E-state index contributed by atoms with van der Waals surface area (Å²) < 4.78 is 0. The third kappa shape index (κ3) is 4.93. The summed E-state index contributed by atoms with van der Waals surface area (Å²) in [6, 6.07) is 10.4. The van der Waals surface area contributed by atoms with E-state index in [4.69, 9.17) is 5.26 Å². The lowest BCUT2D eigenvalue weighted by molar-refractivity contribution is -0.126. The molecule has 1 saturated carbocycles. The number of hydrogen-bond donors (Lipinski definition) is 0. The number of hydrogen-bond acceptors (Lipinski definition) is 2. The Bertz CT molecular complexity index is 552. The fourth-order valence-electron chi connectivity index (χ4n) is 3.93. The number of aryl methyl sites for hydroxylation is 1. The Hall–Kier alpha value is -1.62. The number of carbonyl (C=O) groups is 1. The van der Waals surface area contributed by atoms with E-state index in [-0.39, 0.29) is 5.92 Å². The fraction of sp³-hybridized carbons (Fsp3) is 0.619. The first kappa shape index (κ1) is 17.7. The van der Waals surface area contributed by atoms with Gasteiger partial charge in [0.2, 0.25) is 0 Å². The molecule has 0 amide bonds. The van der Waals surface area contributed by atoms with Gasteiger partial charge in [0, 0.05) is 18.8 Å². The van der Waals surface area contributed by atoms with Gasteiger partial charge in [-0.3, -0.25) is 4.79 Å². The average Bonchev–Trinajstić information content (AvgIpc) is 2.53. The number of Topliss-reactive ketones (excluding diaryl/α,β-unsaturated/α-hetero) is 1. The molecule has 0 heterocycles. The van der Waals surface area contributed by atoms with Crippen molar-refractivity contribution in [3.05, 3.63) is 35.4 Å². The lowest BCUT2D eigenvalue weighted by atomic mass is 9.68. The molecule has 1 fully saturated rings. The van der Waals surface area contributed by atoms with Crippen LogP contribution >= 0.6 is 0 Å². The molecular weight excluding hydrogens is 282 g/mol. The molecule has 1 aliphatic carbocycles. The molecule has 2 heteroatoms. The quantitative estimate of drug-likeness (QED) is 0.744. The Labute approximate surface area is 140 Å². The van der Waals surface area contributed by atoms with Crippen LogP contribution in [0.25, 0.3) is 0 Å². The molecule has 0 N–H and O–H groups in total. The van der Waals surface area contributed by atoms with Crippen LogP contribution in [0.15, 0.2) is 24.3 Å². The van der Waals surface area contributed by atoms with E-state index in [2.05, 4.69) is 51.1 Å². The van der Waals surface area contributed by atoms with Crippen LogP contribution in [0, 0.1) is 35.0 Å². The van der Waals surface area contributed by atoms with Gasteiger partial charge < -0.3 is 0 Å². The van der Waals surface area contributed by atoms with Gasteiger partial charge in [-0.1, -0.05) is 51.5 Å². The van der Waals surface area contributed by atoms with Crippen LogP contribution < -0.4 is 0 Å². The minimum atomic E-state index is 0.233. The number of nitrogens with zero attached hydrogens (tertiary/aromatic N) is 1. The molecule has 0 saturated heterocycles. The van der Waals surface area contributed by atoms with Crippen LogP contribution in [0.1, 0.15) is 57.6 Å². The highest BCUT2D eigenvalue weighted by atomic mass is 16.1. The largest absolute Gasteiger partial charge is 0.299 e. The molecule has 0 aromatic heterocycles. The van der Waals surface area contributed by atoms with Gasteiger partial charge in [-0.2, -0.15) is 5.26 Å². The molecule has 0 bridgehead atoms. The van der Waals surface area contributed by atoms with Gasteiger partial charge in [0.05, 0.1) is 6.07 Å². The maximum absolute atomic E-state index is 12.8. The SMILES string of the molecule is CC(C)[C@@H]1CC[C@@H](C)C[C@H]1C(=O)Cc1ccc(CCC#N)cc1. The molecule has 2 rings (SSSR count). The predicted octanol–water partition coefficient (Wildman–Crippen LogP) is 4.96. The molecule has 1 aliphatic rings. The highest BCUT2D eigenvalue weighted by Crippen LogP contribution is 2.38. The van der Waals surface area contributed by atoms with Gasteiger partial charge in [0.1, 0.15) is 5.78 Å². The highest BCUT2D eigenvalue weighted by Gasteiger charge is 2.34. The molecular formula is C21H29NO. The summed E-state index contributed by atoms with van der Waals surface area (Å²) in [6.45, 7) is 6.79. The van der Waals surface area contributed by atoms with Crippen molar-refractivity contribution in [2.75, 3.05) is 0 Å². The molecule has 124 valence electrons. The first-order chi connectivity index (χ1) is 11.0. The van der Waals surface area contributed by atoms with Gasteiger partial charge in [0.15, 0.2) is 0 Å². The van der Waals surface area contributed by atoms with Crippen molar-refractivity contribution in [3.8, 4) is 6.07 Å². The Morgan fingerprint density at radius 2 is 1.87 bits per heavy atom. The van der Waals surface area contributed by atoms with Gasteiger partial charge in [-0.25, -0.2) is 0 Å². The minimum Gasteiger partial charge on any atom is -0.299 e. The van der Waals surface area contributed by atoms with E-state index >= 15 is 0 Å². The van der Waals surface area contributed by atoms with E-state index in [1.165, 1.54) is 18.4 Å². The van der Waals surface area contributed by atoms with Crippen molar-refractivity contribution < 1.29 is 4.79 Å². The smallest absolute Gasteiger partial charge is 0.140 e. The van der Waals surface area contributed by atoms with E-state index in [1.807, 2.05) is 0 Å². The lowest BCUT2D eigenvalue weighted by Gasteiger charge is -2.36. The molecule has 0 spiro atoms. The summed E-state index contributed by atoms with van der Waals surface area (Å²) in [7, 11) is 0. The van der Waals surface area contributed by atoms with E-state index in [0.29, 0.717) is 36.4 Å². The Balaban J connectivity index is 2.00. The number of rotatable bonds is 6. The Morgan fingerprint density at radius 1 is 1.22 bits per heavy atom. The van der Waals surface area contributed by atoms with Gasteiger partial charge in [0.25, 0.3) is 0 Å². The van der Waals surface area contributed by atoms with Crippen molar-refractivity contribution in [1.29, 1.82) is 5.26 Å². The van der Waals surface area contributed by atoms with Gasteiger partial charge in [-0.05, 0) is 48.1 Å². The zero-order valence-electron chi connectivity index (χ0n) is 14.7. The molecule has 2 nitrogen and oxygen atoms in total. The van der Waals surface area contributed by atoms with E-state index < -0.39 is 0 Å². The van der Waals surface area contributed by atoms with E-state index in [1.54, 1.807) is 0 Å². The summed E-state index contributed by atoms with van der Waals surface area (Å²) in [4.78, 5) is 12.8. The first-order valence-electron chi connectivity index (χ1n) is 8.98. The number of benzene rings is 1. The third-order valence-electron chi connectivity index (χ3n) is 5.36. The summed E-state index contributed by atoms with van der Waals surface area (Å²) in [5.41, 5.74) is 2.28. The molecule has 0 radical (unpaired) electrons. The number of ketones is 1. The molecule has 23 heavy (non-hydrogen) atoms. The van der Waals surface area contributed by atoms with Crippen molar-refractivity contribution in [1.82, 2.24) is 0 Å². The number of carbonyl (C=O) groups excluding carboxylic acids is 1. The maximum atomic E-state index is 12.8. The minimum absolute atomic E-state index is 0.233. The topological polar surface area (TPSA) is 40.9 Å². The fourth-order valence-corrected chi connectivity index (χ4v) is 3.93. The van der Waals surface area contributed by atoms with Crippen molar-refractivity contribution >= 4 is 5.78 Å². The van der Waals surface area contributed by atoms with Crippen LogP contribution in [-0.4, -0.2) is 5.78 Å². The molecule has 0 unspecified atom stereocenters. The summed E-state index contributed by atoms with van der Waals surface area (Å²) >= 11 is 0. The van der Waals surface area contributed by atoms with Crippen molar-refractivity contribution in [2.24, 2.45) is 23.7 Å². The average molecular weight is 311 g/mol. The second-order valence-electron chi connectivity index (χ2n) is 7.55. The van der Waals surface area contributed by atoms with Crippen LogP contribution in [-0.2, 0) is 17.6 Å². The number of nitriles is 1. The zero-order chi connectivity index (χ0) is 16.8. The summed E-state index contributed by atoms with van der Waals surface area (Å²) in [5.74, 6) is 2.46. The van der Waals surface area contributed by atoms with Gasteiger partial charge >= 0.3 is 0 Å². The predicted molar refractivity (Wildman–Crippen MR) is 93.9 cm³/mol. The van der Waals surface area contributed by atoms with Crippen molar-refractivity contribution in [2.45, 2.75) is 59.3 Å². The van der Waals surface area contributed by atoms with Crippen LogP contribution in [0.4, 0.5) is 0 Å². The van der Waals surface area contributed by atoms with E-state index in [0.717, 1.165) is 18.4 Å². The van der Waals surface area contributed by atoms with E-state index in [9.17, 15) is 4.79 Å². The Morgan fingerprint density at radius 3 is 2.48 bits per heavy atom. The first-order valence-corrected chi connectivity index (χ1v) is 8.98. The van der Waals surface area contributed by atoms with Gasteiger partial charge in [-0.15, -0.1) is 0 Å². The Kier molecular flexibility index (Phi) is 6.39. The van der Waals surface area contributed by atoms with Crippen LogP contribution in [0.3, 0.4) is 0 Å². The van der Waals surface area contributed by atoms with Crippen LogP contribution in [0.2, 0.25) is 0 Å². The molecule has 1 aromatic carbocycles. The second-order valence-corrected chi connectivity index (χ2v) is 7.55. The van der Waals surface area contributed by atoms with Crippen LogP contribution in [0.5, 0.6) is 0 Å². The lowest BCUT2D eigenvalue weighted by Crippen LogP contribution is -2.34.